The Kier molecular flexibility index (Phi) is 4.19. The fourth-order valence-electron chi connectivity index (χ4n) is 4.48. The summed E-state index contributed by atoms with van der Waals surface area (Å²) in [7, 11) is 0. The van der Waals surface area contributed by atoms with Gasteiger partial charge in [0.15, 0.2) is 5.82 Å². The number of piperidine rings is 1. The van der Waals surface area contributed by atoms with Gasteiger partial charge in [0.1, 0.15) is 5.82 Å². The maximum absolute atomic E-state index is 13.1. The van der Waals surface area contributed by atoms with Gasteiger partial charge in [-0.25, -0.2) is 14.2 Å². The SMILES string of the molecule is Nc1ccc(-c2ccc(F)cc2)nc1NC(=O)N1CC2[C@H](CN3CCC3)[C@H]2C1. The minimum Gasteiger partial charge on any atom is -0.396 e. The van der Waals surface area contributed by atoms with E-state index >= 15 is 0 Å². The Labute approximate surface area is 163 Å². The monoisotopic (exact) mass is 381 g/mol. The van der Waals surface area contributed by atoms with Crippen molar-refractivity contribution in [1.82, 2.24) is 14.8 Å². The number of benzene rings is 1. The molecule has 1 unspecified atom stereocenters. The van der Waals surface area contributed by atoms with Crippen LogP contribution in [-0.4, -0.2) is 53.5 Å². The molecule has 2 aliphatic heterocycles. The molecule has 3 fully saturated rings. The molecule has 7 heteroatoms. The molecule has 3 N–H and O–H groups in total. The largest absolute Gasteiger partial charge is 0.396 e. The molecular formula is C21H24FN5O. The number of pyridine rings is 1. The minimum atomic E-state index is -0.298. The molecule has 1 saturated carbocycles. The third-order valence-corrected chi connectivity index (χ3v) is 6.37. The zero-order valence-electron chi connectivity index (χ0n) is 15.6. The number of carbonyl (C=O) groups is 1. The molecule has 0 spiro atoms. The number of halogens is 1. The summed E-state index contributed by atoms with van der Waals surface area (Å²) in [5, 5.41) is 2.86. The summed E-state index contributed by atoms with van der Waals surface area (Å²) in [6.07, 6.45) is 1.32. The number of nitrogens with zero attached hydrogens (tertiary/aromatic N) is 3. The predicted molar refractivity (Wildman–Crippen MR) is 106 cm³/mol. The molecule has 1 aliphatic carbocycles. The Morgan fingerprint density at radius 1 is 1.14 bits per heavy atom. The van der Waals surface area contributed by atoms with Crippen molar-refractivity contribution in [3.05, 3.63) is 42.2 Å². The number of aromatic nitrogens is 1. The predicted octanol–water partition coefficient (Wildman–Crippen LogP) is 2.89. The Bertz CT molecular complexity index is 886. The van der Waals surface area contributed by atoms with Crippen molar-refractivity contribution in [3.63, 3.8) is 0 Å². The fourth-order valence-corrected chi connectivity index (χ4v) is 4.48. The van der Waals surface area contributed by atoms with Gasteiger partial charge in [0.2, 0.25) is 0 Å². The van der Waals surface area contributed by atoms with E-state index in [1.165, 1.54) is 38.2 Å². The number of hydrogen-bond acceptors (Lipinski definition) is 4. The summed E-state index contributed by atoms with van der Waals surface area (Å²) in [6.45, 7) is 5.28. The quantitative estimate of drug-likeness (QED) is 0.854. The number of hydrogen-bond donors (Lipinski definition) is 2. The van der Waals surface area contributed by atoms with Crippen LogP contribution in [0.1, 0.15) is 6.42 Å². The molecule has 2 saturated heterocycles. The number of nitrogen functional groups attached to an aromatic ring is 1. The molecule has 146 valence electrons. The van der Waals surface area contributed by atoms with Gasteiger partial charge < -0.3 is 15.5 Å². The van der Waals surface area contributed by atoms with Gasteiger partial charge in [-0.05, 0) is 73.7 Å². The van der Waals surface area contributed by atoms with E-state index in [4.69, 9.17) is 5.73 Å². The molecule has 1 aromatic heterocycles. The molecule has 3 aliphatic rings. The van der Waals surface area contributed by atoms with Crippen LogP contribution < -0.4 is 11.1 Å². The summed E-state index contributed by atoms with van der Waals surface area (Å²) in [4.78, 5) is 21.5. The first-order chi connectivity index (χ1) is 13.6. The van der Waals surface area contributed by atoms with Crippen molar-refractivity contribution in [1.29, 1.82) is 0 Å². The van der Waals surface area contributed by atoms with E-state index in [-0.39, 0.29) is 11.8 Å². The highest BCUT2D eigenvalue weighted by Gasteiger charge is 2.56. The molecule has 1 aromatic carbocycles. The maximum Gasteiger partial charge on any atom is 0.323 e. The number of urea groups is 1. The van der Waals surface area contributed by atoms with Gasteiger partial charge in [-0.15, -0.1) is 0 Å². The third kappa shape index (κ3) is 3.20. The van der Waals surface area contributed by atoms with Crippen LogP contribution in [-0.2, 0) is 0 Å². The van der Waals surface area contributed by atoms with Gasteiger partial charge >= 0.3 is 6.03 Å². The first kappa shape index (κ1) is 17.4. The first-order valence-corrected chi connectivity index (χ1v) is 9.89. The molecule has 28 heavy (non-hydrogen) atoms. The van der Waals surface area contributed by atoms with Gasteiger partial charge in [-0.3, -0.25) is 5.32 Å². The van der Waals surface area contributed by atoms with Crippen molar-refractivity contribution in [3.8, 4) is 11.3 Å². The average molecular weight is 381 g/mol. The van der Waals surface area contributed by atoms with Crippen LogP contribution in [0.4, 0.5) is 20.7 Å². The third-order valence-electron chi connectivity index (χ3n) is 6.37. The van der Waals surface area contributed by atoms with Gasteiger partial charge in [-0.2, -0.15) is 0 Å². The molecule has 6 nitrogen and oxygen atoms in total. The van der Waals surface area contributed by atoms with Crippen molar-refractivity contribution in [2.75, 3.05) is 43.8 Å². The van der Waals surface area contributed by atoms with Gasteiger partial charge in [0.25, 0.3) is 0 Å². The van der Waals surface area contributed by atoms with Gasteiger partial charge in [0, 0.05) is 25.2 Å². The summed E-state index contributed by atoms with van der Waals surface area (Å²) in [5.74, 6) is 2.09. The van der Waals surface area contributed by atoms with E-state index in [0.29, 0.717) is 29.0 Å². The van der Waals surface area contributed by atoms with Crippen LogP contribution in [0.2, 0.25) is 0 Å². The molecule has 0 radical (unpaired) electrons. The highest BCUT2D eigenvalue weighted by molar-refractivity contribution is 5.92. The molecule has 2 aromatic rings. The second kappa shape index (κ2) is 6.74. The lowest BCUT2D eigenvalue weighted by atomic mass is 10.1. The topological polar surface area (TPSA) is 74.5 Å². The summed E-state index contributed by atoms with van der Waals surface area (Å²) in [5.41, 5.74) is 7.84. The van der Waals surface area contributed by atoms with Crippen LogP contribution in [0.25, 0.3) is 11.3 Å². The second-order valence-corrected chi connectivity index (χ2v) is 8.12. The standard InChI is InChI=1S/C21H24FN5O/c22-14-4-2-13(3-5-14)19-7-6-18(23)20(24-19)25-21(28)27-11-16-15(17(16)12-27)10-26-8-1-9-26/h2-7,15-17H,1,8-12,23H2,(H,24,25,28)/t15-,16-,17?/m1/s1. The number of amides is 2. The number of nitrogens with two attached hydrogens (primary N) is 1. The highest BCUT2D eigenvalue weighted by Crippen LogP contribution is 2.52. The second-order valence-electron chi connectivity index (χ2n) is 8.12. The van der Waals surface area contributed by atoms with Crippen molar-refractivity contribution < 1.29 is 9.18 Å². The number of anilines is 2. The fraction of sp³-hybridized carbons (Fsp3) is 0.429. The molecule has 3 atom stereocenters. The normalized spacial score (nSPS) is 25.9. The van der Waals surface area contributed by atoms with E-state index in [9.17, 15) is 9.18 Å². The van der Waals surface area contributed by atoms with E-state index in [2.05, 4.69) is 15.2 Å². The number of likely N-dealkylation sites (tertiary alicyclic amines) is 2. The molecular weight excluding hydrogens is 357 g/mol. The van der Waals surface area contributed by atoms with Crippen LogP contribution in [0.15, 0.2) is 36.4 Å². The zero-order valence-corrected chi connectivity index (χ0v) is 15.6. The Balaban J connectivity index is 1.22. The Morgan fingerprint density at radius 2 is 1.86 bits per heavy atom. The summed E-state index contributed by atoms with van der Waals surface area (Å²) in [6, 6.07) is 9.43. The summed E-state index contributed by atoms with van der Waals surface area (Å²) < 4.78 is 13.1. The van der Waals surface area contributed by atoms with Crippen molar-refractivity contribution in [2.45, 2.75) is 6.42 Å². The lowest BCUT2D eigenvalue weighted by Gasteiger charge is -2.31. The minimum absolute atomic E-state index is 0.148. The maximum atomic E-state index is 13.1. The molecule has 5 rings (SSSR count). The van der Waals surface area contributed by atoms with E-state index in [1.54, 1.807) is 24.3 Å². The zero-order chi connectivity index (χ0) is 19.3. The Morgan fingerprint density at radius 3 is 2.50 bits per heavy atom. The average Bonchev–Trinajstić information content (AvgIpc) is 3.08. The number of nitrogens with one attached hydrogen (secondary N) is 1. The molecule has 0 bridgehead atoms. The van der Waals surface area contributed by atoms with Crippen LogP contribution in [0.3, 0.4) is 0 Å². The number of carbonyl (C=O) groups excluding carboxylic acids is 1. The molecule has 3 heterocycles. The lowest BCUT2D eigenvalue weighted by Crippen LogP contribution is -2.41. The highest BCUT2D eigenvalue weighted by atomic mass is 19.1. The number of fused-ring (bicyclic) bond motifs is 1. The van der Waals surface area contributed by atoms with Gasteiger partial charge in [-0.1, -0.05) is 0 Å². The van der Waals surface area contributed by atoms with Crippen LogP contribution in [0, 0.1) is 23.6 Å². The first-order valence-electron chi connectivity index (χ1n) is 9.89. The lowest BCUT2D eigenvalue weighted by molar-refractivity contribution is 0.159. The smallest absolute Gasteiger partial charge is 0.323 e. The summed E-state index contributed by atoms with van der Waals surface area (Å²) >= 11 is 0. The van der Waals surface area contributed by atoms with Crippen LogP contribution in [0.5, 0.6) is 0 Å². The van der Waals surface area contributed by atoms with Crippen molar-refractivity contribution in [2.24, 2.45) is 17.8 Å². The van der Waals surface area contributed by atoms with Crippen molar-refractivity contribution >= 4 is 17.5 Å². The van der Waals surface area contributed by atoms with Gasteiger partial charge in [0.05, 0.1) is 11.4 Å². The van der Waals surface area contributed by atoms with E-state index < -0.39 is 0 Å². The molecule has 2 amide bonds. The Hall–Kier alpha value is -2.67. The van der Waals surface area contributed by atoms with E-state index in [1.807, 2.05) is 4.90 Å². The number of rotatable bonds is 4. The van der Waals surface area contributed by atoms with Crippen LogP contribution >= 0.6 is 0 Å². The van der Waals surface area contributed by atoms with E-state index in [0.717, 1.165) is 24.6 Å².